The maximum atomic E-state index is 11.9. The van der Waals surface area contributed by atoms with Crippen molar-refractivity contribution in [1.82, 2.24) is 5.32 Å². The summed E-state index contributed by atoms with van der Waals surface area (Å²) in [5.74, 6) is 0.0283. The molecule has 0 bridgehead atoms. The largest absolute Gasteiger partial charge is 0.384 e. The van der Waals surface area contributed by atoms with Crippen LogP contribution in [0.2, 0.25) is 0 Å². The highest BCUT2D eigenvalue weighted by Gasteiger charge is 2.13. The molecule has 1 aromatic carbocycles. The molecular weight excluding hydrogens is 232 g/mol. The molecule has 92 valence electrons. The maximum absolute atomic E-state index is 11.9. The Balaban J connectivity index is 2.00. The first-order valence-electron chi connectivity index (χ1n) is 5.88. The monoisotopic (exact) mass is 250 g/mol. The Morgan fingerprint density at radius 2 is 2.41 bits per heavy atom. The molecule has 2 N–H and O–H groups in total. The zero-order valence-corrected chi connectivity index (χ0v) is 11.1. The van der Waals surface area contributed by atoms with Crippen LogP contribution in [0.1, 0.15) is 22.8 Å². The van der Waals surface area contributed by atoms with Crippen LogP contribution in [0.4, 0.5) is 5.69 Å². The van der Waals surface area contributed by atoms with Gasteiger partial charge >= 0.3 is 0 Å². The number of thioether (sulfide) groups is 1. The fraction of sp³-hybridized carbons (Fsp3) is 0.462. The summed E-state index contributed by atoms with van der Waals surface area (Å²) in [6, 6.07) is 5.87. The third-order valence-corrected chi connectivity index (χ3v) is 4.00. The molecule has 1 aliphatic heterocycles. The summed E-state index contributed by atoms with van der Waals surface area (Å²) in [6.45, 7) is 3.80. The van der Waals surface area contributed by atoms with Crippen LogP contribution in [0, 0.1) is 0 Å². The Hall–Kier alpha value is -1.16. The molecule has 2 rings (SSSR count). The van der Waals surface area contributed by atoms with Crippen molar-refractivity contribution in [2.75, 3.05) is 24.7 Å². The van der Waals surface area contributed by atoms with Crippen molar-refractivity contribution >= 4 is 23.4 Å². The lowest BCUT2D eigenvalue weighted by Crippen LogP contribution is -2.29. The molecule has 1 atom stereocenters. The number of amides is 1. The first kappa shape index (κ1) is 12.3. The third-order valence-electron chi connectivity index (χ3n) is 3.03. The first-order valence-corrected chi connectivity index (χ1v) is 7.17. The molecule has 0 fully saturated rings. The number of hydrogen-bond acceptors (Lipinski definition) is 3. The van der Waals surface area contributed by atoms with Gasteiger partial charge in [0, 0.05) is 29.6 Å². The van der Waals surface area contributed by atoms with E-state index in [0.29, 0.717) is 5.25 Å². The molecule has 1 heterocycles. The lowest BCUT2D eigenvalue weighted by atomic mass is 10.1. The van der Waals surface area contributed by atoms with Gasteiger partial charge in [0.2, 0.25) is 0 Å². The van der Waals surface area contributed by atoms with Crippen molar-refractivity contribution in [1.29, 1.82) is 0 Å². The van der Waals surface area contributed by atoms with E-state index in [1.165, 1.54) is 11.3 Å². The smallest absolute Gasteiger partial charge is 0.251 e. The van der Waals surface area contributed by atoms with Crippen LogP contribution in [0.5, 0.6) is 0 Å². The minimum atomic E-state index is 0.0283. The number of carbonyl (C=O) groups excluding carboxylic acids is 1. The van der Waals surface area contributed by atoms with Crippen molar-refractivity contribution in [2.24, 2.45) is 0 Å². The van der Waals surface area contributed by atoms with Gasteiger partial charge in [-0.25, -0.2) is 0 Å². The van der Waals surface area contributed by atoms with E-state index in [1.807, 2.05) is 18.2 Å². The van der Waals surface area contributed by atoms with Gasteiger partial charge in [0.05, 0.1) is 0 Å². The molecule has 1 unspecified atom stereocenters. The van der Waals surface area contributed by atoms with Crippen molar-refractivity contribution in [3.63, 3.8) is 0 Å². The first-order chi connectivity index (χ1) is 8.20. The Bertz CT molecular complexity index is 420. The van der Waals surface area contributed by atoms with Crippen LogP contribution >= 0.6 is 11.8 Å². The number of nitrogens with one attached hydrogen (secondary N) is 2. The lowest BCUT2D eigenvalue weighted by Gasteiger charge is -2.10. The van der Waals surface area contributed by atoms with Gasteiger partial charge in [-0.15, -0.1) is 0 Å². The predicted molar refractivity (Wildman–Crippen MR) is 73.9 cm³/mol. The van der Waals surface area contributed by atoms with Gasteiger partial charge in [-0.2, -0.15) is 11.8 Å². The van der Waals surface area contributed by atoms with E-state index in [1.54, 1.807) is 11.8 Å². The number of anilines is 1. The van der Waals surface area contributed by atoms with Crippen molar-refractivity contribution < 1.29 is 4.79 Å². The van der Waals surface area contributed by atoms with Crippen LogP contribution in [0.15, 0.2) is 18.2 Å². The van der Waals surface area contributed by atoms with E-state index in [2.05, 4.69) is 23.8 Å². The number of rotatable bonds is 4. The summed E-state index contributed by atoms with van der Waals surface area (Å²) in [6.07, 6.45) is 3.07. The summed E-state index contributed by atoms with van der Waals surface area (Å²) in [7, 11) is 0. The quantitative estimate of drug-likeness (QED) is 0.860. The Kier molecular flexibility index (Phi) is 3.94. The van der Waals surface area contributed by atoms with E-state index >= 15 is 0 Å². The van der Waals surface area contributed by atoms with Crippen LogP contribution in [0.25, 0.3) is 0 Å². The normalized spacial score (nSPS) is 14.9. The number of hydrogen-bond donors (Lipinski definition) is 2. The second kappa shape index (κ2) is 5.45. The van der Waals surface area contributed by atoms with Crippen molar-refractivity contribution in [3.05, 3.63) is 29.3 Å². The van der Waals surface area contributed by atoms with Gasteiger partial charge in [0.25, 0.3) is 5.91 Å². The maximum Gasteiger partial charge on any atom is 0.251 e. The van der Waals surface area contributed by atoms with E-state index in [4.69, 9.17) is 0 Å². The van der Waals surface area contributed by atoms with Crippen LogP contribution < -0.4 is 10.6 Å². The Morgan fingerprint density at radius 3 is 3.18 bits per heavy atom. The minimum Gasteiger partial charge on any atom is -0.384 e. The zero-order valence-electron chi connectivity index (χ0n) is 10.2. The van der Waals surface area contributed by atoms with Gasteiger partial charge < -0.3 is 10.6 Å². The highest BCUT2D eigenvalue weighted by atomic mass is 32.2. The standard InChI is InChI=1S/C13H18N2OS/c1-9(17-2)8-15-13(16)11-3-4-12-10(7-11)5-6-14-12/h3-4,7,9,14H,5-6,8H2,1-2H3,(H,15,16). The molecule has 3 nitrogen and oxygen atoms in total. The third kappa shape index (κ3) is 2.94. The summed E-state index contributed by atoms with van der Waals surface area (Å²) in [4.78, 5) is 11.9. The molecule has 0 saturated heterocycles. The Labute approximate surface area is 106 Å². The van der Waals surface area contributed by atoms with Crippen molar-refractivity contribution in [2.45, 2.75) is 18.6 Å². The summed E-state index contributed by atoms with van der Waals surface area (Å²) < 4.78 is 0. The van der Waals surface area contributed by atoms with Gasteiger partial charge in [-0.05, 0) is 36.4 Å². The van der Waals surface area contributed by atoms with Crippen LogP contribution in [0.3, 0.4) is 0 Å². The Morgan fingerprint density at radius 1 is 1.59 bits per heavy atom. The molecule has 1 aromatic rings. The number of benzene rings is 1. The molecule has 4 heteroatoms. The fourth-order valence-corrected chi connectivity index (χ4v) is 2.12. The van der Waals surface area contributed by atoms with E-state index < -0.39 is 0 Å². The molecule has 0 aliphatic carbocycles. The van der Waals surface area contributed by atoms with E-state index in [9.17, 15) is 4.79 Å². The average molecular weight is 250 g/mol. The topological polar surface area (TPSA) is 41.1 Å². The summed E-state index contributed by atoms with van der Waals surface area (Å²) in [5, 5.41) is 6.70. The van der Waals surface area contributed by atoms with Gasteiger partial charge in [0.15, 0.2) is 0 Å². The summed E-state index contributed by atoms with van der Waals surface area (Å²) >= 11 is 1.76. The predicted octanol–water partition coefficient (Wildman–Crippen LogP) is 2.14. The fourth-order valence-electron chi connectivity index (χ4n) is 1.87. The highest BCUT2D eigenvalue weighted by molar-refractivity contribution is 7.99. The van der Waals surface area contributed by atoms with Crippen molar-refractivity contribution in [3.8, 4) is 0 Å². The molecule has 1 aliphatic rings. The number of carbonyl (C=O) groups is 1. The second-order valence-electron chi connectivity index (χ2n) is 4.31. The summed E-state index contributed by atoms with van der Waals surface area (Å²) in [5.41, 5.74) is 3.18. The SMILES string of the molecule is CSC(C)CNC(=O)c1ccc2c(c1)CCN2. The van der Waals surface area contributed by atoms with Gasteiger partial charge in [-0.1, -0.05) is 6.92 Å². The molecule has 0 spiro atoms. The van der Waals surface area contributed by atoms with Gasteiger partial charge in [-0.3, -0.25) is 4.79 Å². The van der Waals surface area contributed by atoms with Gasteiger partial charge in [0.1, 0.15) is 0 Å². The molecular formula is C13H18N2OS. The van der Waals surface area contributed by atoms with E-state index in [0.717, 1.165) is 25.1 Å². The molecule has 17 heavy (non-hydrogen) atoms. The van der Waals surface area contributed by atoms with Crippen LogP contribution in [-0.4, -0.2) is 30.5 Å². The van der Waals surface area contributed by atoms with Crippen LogP contribution in [-0.2, 0) is 6.42 Å². The molecule has 1 amide bonds. The lowest BCUT2D eigenvalue weighted by molar-refractivity contribution is 0.0954. The second-order valence-corrected chi connectivity index (χ2v) is 5.58. The molecule has 0 radical (unpaired) electrons. The molecule has 0 aromatic heterocycles. The minimum absolute atomic E-state index is 0.0283. The highest BCUT2D eigenvalue weighted by Crippen LogP contribution is 2.22. The number of fused-ring (bicyclic) bond motifs is 1. The molecule has 0 saturated carbocycles. The average Bonchev–Trinajstić information content (AvgIpc) is 2.82. The zero-order chi connectivity index (χ0) is 12.3. The van der Waals surface area contributed by atoms with E-state index in [-0.39, 0.29) is 5.91 Å².